The number of nitrogens with zero attached hydrogens (tertiary/aromatic N) is 1. The van der Waals surface area contributed by atoms with Crippen molar-refractivity contribution in [3.05, 3.63) is 35.9 Å². The van der Waals surface area contributed by atoms with Crippen LogP contribution in [-0.4, -0.2) is 43.5 Å². The molecular formula is C14H21N3O. The molecule has 1 unspecified atom stereocenters. The second-order valence-corrected chi connectivity index (χ2v) is 4.81. The minimum atomic E-state index is 0.144. The fourth-order valence-electron chi connectivity index (χ4n) is 2.14. The van der Waals surface area contributed by atoms with Crippen molar-refractivity contribution in [2.24, 2.45) is 0 Å². The van der Waals surface area contributed by atoms with Crippen molar-refractivity contribution in [3.8, 4) is 0 Å². The Labute approximate surface area is 108 Å². The molecule has 98 valence electrons. The second kappa shape index (κ2) is 6.52. The zero-order valence-electron chi connectivity index (χ0n) is 10.9. The standard InChI is InChI=1S/C14H21N3O/c1-17(11-12-5-3-2-4-6-12)14(18)10-16-13-7-8-15-9-13/h2-6,13,15-16H,7-11H2,1H3. The van der Waals surface area contributed by atoms with Crippen molar-refractivity contribution in [2.75, 3.05) is 26.7 Å². The van der Waals surface area contributed by atoms with Crippen molar-refractivity contribution in [1.82, 2.24) is 15.5 Å². The van der Waals surface area contributed by atoms with Crippen molar-refractivity contribution in [2.45, 2.75) is 19.0 Å². The monoisotopic (exact) mass is 247 g/mol. The molecular weight excluding hydrogens is 226 g/mol. The maximum Gasteiger partial charge on any atom is 0.236 e. The summed E-state index contributed by atoms with van der Waals surface area (Å²) in [5.41, 5.74) is 1.16. The molecule has 1 amide bonds. The fourth-order valence-corrected chi connectivity index (χ4v) is 2.14. The highest BCUT2D eigenvalue weighted by Crippen LogP contribution is 2.03. The van der Waals surface area contributed by atoms with Crippen LogP contribution < -0.4 is 10.6 Å². The average molecular weight is 247 g/mol. The van der Waals surface area contributed by atoms with Gasteiger partial charge in [-0.1, -0.05) is 30.3 Å². The highest BCUT2D eigenvalue weighted by Gasteiger charge is 2.16. The van der Waals surface area contributed by atoms with Gasteiger partial charge in [0.2, 0.25) is 5.91 Å². The van der Waals surface area contributed by atoms with Gasteiger partial charge in [0.1, 0.15) is 0 Å². The average Bonchev–Trinajstić information content (AvgIpc) is 2.90. The van der Waals surface area contributed by atoms with Gasteiger partial charge < -0.3 is 15.5 Å². The van der Waals surface area contributed by atoms with Gasteiger partial charge in [0.05, 0.1) is 6.54 Å². The van der Waals surface area contributed by atoms with E-state index >= 15 is 0 Å². The van der Waals surface area contributed by atoms with Crippen LogP contribution in [0.4, 0.5) is 0 Å². The van der Waals surface area contributed by atoms with Gasteiger partial charge in [-0.2, -0.15) is 0 Å². The summed E-state index contributed by atoms with van der Waals surface area (Å²) in [5, 5.41) is 6.57. The number of nitrogens with one attached hydrogen (secondary N) is 2. The van der Waals surface area contributed by atoms with Gasteiger partial charge in [-0.3, -0.25) is 4.79 Å². The molecule has 0 saturated carbocycles. The Bertz CT molecular complexity index is 374. The summed E-state index contributed by atoms with van der Waals surface area (Å²) in [4.78, 5) is 13.7. The maximum atomic E-state index is 11.9. The quantitative estimate of drug-likeness (QED) is 0.801. The van der Waals surface area contributed by atoms with Crippen LogP contribution in [0.1, 0.15) is 12.0 Å². The molecule has 0 radical (unpaired) electrons. The van der Waals surface area contributed by atoms with Gasteiger partial charge >= 0.3 is 0 Å². The van der Waals surface area contributed by atoms with Gasteiger partial charge in [-0.25, -0.2) is 0 Å². The van der Waals surface area contributed by atoms with Crippen LogP contribution >= 0.6 is 0 Å². The summed E-state index contributed by atoms with van der Waals surface area (Å²) < 4.78 is 0. The summed E-state index contributed by atoms with van der Waals surface area (Å²) in [6.07, 6.45) is 1.11. The van der Waals surface area contributed by atoms with E-state index in [0.717, 1.165) is 25.1 Å². The third kappa shape index (κ3) is 3.82. The van der Waals surface area contributed by atoms with E-state index < -0.39 is 0 Å². The number of carbonyl (C=O) groups is 1. The van der Waals surface area contributed by atoms with Gasteiger partial charge in [0.15, 0.2) is 0 Å². The Morgan fingerprint density at radius 2 is 2.22 bits per heavy atom. The molecule has 2 N–H and O–H groups in total. The molecule has 4 heteroatoms. The Morgan fingerprint density at radius 3 is 2.89 bits per heavy atom. The van der Waals surface area contributed by atoms with Crippen LogP contribution in [-0.2, 0) is 11.3 Å². The molecule has 0 aromatic heterocycles. The lowest BCUT2D eigenvalue weighted by Gasteiger charge is -2.19. The molecule has 1 heterocycles. The molecule has 0 aliphatic carbocycles. The number of hydrogen-bond acceptors (Lipinski definition) is 3. The van der Waals surface area contributed by atoms with E-state index in [1.165, 1.54) is 0 Å². The van der Waals surface area contributed by atoms with E-state index in [4.69, 9.17) is 0 Å². The van der Waals surface area contributed by atoms with Gasteiger partial charge in [-0.05, 0) is 18.5 Å². The lowest BCUT2D eigenvalue weighted by atomic mass is 10.2. The number of hydrogen-bond donors (Lipinski definition) is 2. The lowest BCUT2D eigenvalue weighted by Crippen LogP contribution is -2.40. The van der Waals surface area contributed by atoms with Crippen molar-refractivity contribution < 1.29 is 4.79 Å². The molecule has 1 aliphatic heterocycles. The maximum absolute atomic E-state index is 11.9. The molecule has 18 heavy (non-hydrogen) atoms. The van der Waals surface area contributed by atoms with E-state index in [0.29, 0.717) is 19.1 Å². The first-order chi connectivity index (χ1) is 8.75. The summed E-state index contributed by atoms with van der Waals surface area (Å²) in [6.45, 7) is 3.11. The normalized spacial score (nSPS) is 18.8. The number of amides is 1. The SMILES string of the molecule is CN(Cc1ccccc1)C(=O)CNC1CCNC1. The predicted octanol–water partition coefficient (Wildman–Crippen LogP) is 0.597. The van der Waals surface area contributed by atoms with Crippen LogP contribution in [0.25, 0.3) is 0 Å². The summed E-state index contributed by atoms with van der Waals surface area (Å²) in [6, 6.07) is 10.5. The van der Waals surface area contributed by atoms with Crippen molar-refractivity contribution in [3.63, 3.8) is 0 Å². The van der Waals surface area contributed by atoms with Crippen LogP contribution in [0.3, 0.4) is 0 Å². The van der Waals surface area contributed by atoms with Crippen molar-refractivity contribution >= 4 is 5.91 Å². The first-order valence-corrected chi connectivity index (χ1v) is 6.47. The summed E-state index contributed by atoms with van der Waals surface area (Å²) in [7, 11) is 1.85. The number of carbonyl (C=O) groups excluding carboxylic acids is 1. The Hall–Kier alpha value is -1.39. The molecule has 1 aromatic rings. The van der Waals surface area contributed by atoms with Crippen LogP contribution in [0.2, 0.25) is 0 Å². The van der Waals surface area contributed by atoms with E-state index in [1.807, 2.05) is 37.4 Å². The van der Waals surface area contributed by atoms with Gasteiger partial charge in [0, 0.05) is 26.2 Å². The Balaban J connectivity index is 1.74. The fraction of sp³-hybridized carbons (Fsp3) is 0.500. The molecule has 0 bridgehead atoms. The first-order valence-electron chi connectivity index (χ1n) is 6.47. The smallest absolute Gasteiger partial charge is 0.236 e. The van der Waals surface area contributed by atoms with Crippen molar-refractivity contribution in [1.29, 1.82) is 0 Å². The molecule has 1 saturated heterocycles. The summed E-state index contributed by atoms with van der Waals surface area (Å²) >= 11 is 0. The van der Waals surface area contributed by atoms with Crippen LogP contribution in [0, 0.1) is 0 Å². The molecule has 4 nitrogen and oxygen atoms in total. The number of likely N-dealkylation sites (N-methyl/N-ethyl adjacent to an activating group) is 1. The topological polar surface area (TPSA) is 44.4 Å². The molecule has 1 atom stereocenters. The van der Waals surface area contributed by atoms with Crippen LogP contribution in [0.15, 0.2) is 30.3 Å². The highest BCUT2D eigenvalue weighted by atomic mass is 16.2. The van der Waals surface area contributed by atoms with Gasteiger partial charge in [-0.15, -0.1) is 0 Å². The molecule has 1 aromatic carbocycles. The number of benzene rings is 1. The second-order valence-electron chi connectivity index (χ2n) is 4.81. The molecule has 1 fully saturated rings. The third-order valence-electron chi connectivity index (χ3n) is 3.29. The van der Waals surface area contributed by atoms with Crippen LogP contribution in [0.5, 0.6) is 0 Å². The molecule has 2 rings (SSSR count). The predicted molar refractivity (Wildman–Crippen MR) is 72.2 cm³/mol. The minimum Gasteiger partial charge on any atom is -0.340 e. The minimum absolute atomic E-state index is 0.144. The van der Waals surface area contributed by atoms with E-state index in [-0.39, 0.29) is 5.91 Å². The molecule has 1 aliphatic rings. The largest absolute Gasteiger partial charge is 0.340 e. The zero-order valence-corrected chi connectivity index (χ0v) is 10.9. The zero-order chi connectivity index (χ0) is 12.8. The van der Waals surface area contributed by atoms with E-state index in [1.54, 1.807) is 4.90 Å². The summed E-state index contributed by atoms with van der Waals surface area (Å²) in [5.74, 6) is 0.144. The highest BCUT2D eigenvalue weighted by molar-refractivity contribution is 5.78. The number of rotatable bonds is 5. The Kier molecular flexibility index (Phi) is 4.73. The van der Waals surface area contributed by atoms with E-state index in [9.17, 15) is 4.79 Å². The first kappa shape index (κ1) is 13.1. The Morgan fingerprint density at radius 1 is 1.44 bits per heavy atom. The third-order valence-corrected chi connectivity index (χ3v) is 3.29. The van der Waals surface area contributed by atoms with E-state index in [2.05, 4.69) is 10.6 Å². The lowest BCUT2D eigenvalue weighted by molar-refractivity contribution is -0.129. The van der Waals surface area contributed by atoms with Gasteiger partial charge in [0.25, 0.3) is 0 Å². The molecule has 0 spiro atoms.